The van der Waals surface area contributed by atoms with Crippen molar-refractivity contribution in [3.8, 4) is 5.69 Å². The van der Waals surface area contributed by atoms with Crippen LogP contribution >= 0.6 is 15.9 Å². The molecule has 3 rings (SSSR count). The predicted octanol–water partition coefficient (Wildman–Crippen LogP) is 2.60. The maximum absolute atomic E-state index is 5.95. The lowest BCUT2D eigenvalue weighted by Gasteiger charge is -2.15. The summed E-state index contributed by atoms with van der Waals surface area (Å²) in [6, 6.07) is 6.23. The van der Waals surface area contributed by atoms with E-state index in [1.54, 1.807) is 0 Å². The van der Waals surface area contributed by atoms with E-state index in [9.17, 15) is 0 Å². The van der Waals surface area contributed by atoms with Crippen LogP contribution in [-0.4, -0.2) is 16.4 Å². The van der Waals surface area contributed by atoms with Gasteiger partial charge < -0.3 is 10.5 Å². The van der Waals surface area contributed by atoms with Gasteiger partial charge in [0.25, 0.3) is 0 Å². The number of hydrogen-bond acceptors (Lipinski definition) is 3. The second kappa shape index (κ2) is 4.40. The molecule has 0 saturated heterocycles. The average Bonchev–Trinajstić information content (AvgIpc) is 2.66. The van der Waals surface area contributed by atoms with Crippen LogP contribution in [0.15, 0.2) is 22.7 Å². The second-order valence-electron chi connectivity index (χ2n) is 4.51. The van der Waals surface area contributed by atoms with E-state index in [2.05, 4.69) is 46.2 Å². The maximum Gasteiger partial charge on any atom is 0.151 e. The van der Waals surface area contributed by atoms with Crippen LogP contribution in [-0.2, 0) is 17.8 Å². The Bertz CT molecular complexity index is 586. The Labute approximate surface area is 114 Å². The van der Waals surface area contributed by atoms with Gasteiger partial charge in [-0.15, -0.1) is 0 Å². The molecule has 0 amide bonds. The molecule has 0 atom stereocenters. The highest BCUT2D eigenvalue weighted by Crippen LogP contribution is 2.27. The van der Waals surface area contributed by atoms with Crippen molar-refractivity contribution >= 4 is 21.7 Å². The van der Waals surface area contributed by atoms with Crippen molar-refractivity contribution in [2.45, 2.75) is 20.0 Å². The second-order valence-corrected chi connectivity index (χ2v) is 5.43. The van der Waals surface area contributed by atoms with Crippen LogP contribution in [0.25, 0.3) is 5.69 Å². The van der Waals surface area contributed by atoms with Crippen LogP contribution in [0.2, 0.25) is 0 Å². The van der Waals surface area contributed by atoms with Gasteiger partial charge in [-0.2, -0.15) is 5.10 Å². The molecule has 2 N–H and O–H groups in total. The normalized spacial score (nSPS) is 14.6. The minimum Gasteiger partial charge on any atom is -0.382 e. The van der Waals surface area contributed by atoms with E-state index in [1.165, 1.54) is 5.56 Å². The number of nitrogen functional groups attached to an aromatic ring is 1. The predicted molar refractivity (Wildman–Crippen MR) is 73.8 cm³/mol. The lowest BCUT2D eigenvalue weighted by Crippen LogP contribution is -2.13. The van der Waals surface area contributed by atoms with Crippen molar-refractivity contribution in [3.63, 3.8) is 0 Å². The minimum absolute atomic E-state index is 0.564. The number of aryl methyl sites for hydroxylation is 1. The highest BCUT2D eigenvalue weighted by atomic mass is 79.9. The van der Waals surface area contributed by atoms with E-state index >= 15 is 0 Å². The summed E-state index contributed by atoms with van der Waals surface area (Å²) < 4.78 is 8.41. The molecule has 0 spiro atoms. The number of rotatable bonds is 1. The first-order valence-corrected chi connectivity index (χ1v) is 6.66. The van der Waals surface area contributed by atoms with Crippen molar-refractivity contribution < 1.29 is 4.74 Å². The van der Waals surface area contributed by atoms with Crippen LogP contribution in [0.4, 0.5) is 5.82 Å². The Balaban J connectivity index is 2.17. The van der Waals surface area contributed by atoms with E-state index in [0.29, 0.717) is 12.4 Å². The Hall–Kier alpha value is -1.33. The van der Waals surface area contributed by atoms with Crippen LogP contribution in [0.1, 0.15) is 16.8 Å². The summed E-state index contributed by atoms with van der Waals surface area (Å²) in [6.07, 6.45) is 0.852. The fourth-order valence-corrected chi connectivity index (χ4v) is 2.91. The smallest absolute Gasteiger partial charge is 0.151 e. The van der Waals surface area contributed by atoms with Crippen molar-refractivity contribution in [1.82, 2.24) is 9.78 Å². The number of anilines is 1. The van der Waals surface area contributed by atoms with Crippen molar-refractivity contribution in [3.05, 3.63) is 39.5 Å². The maximum atomic E-state index is 5.95. The van der Waals surface area contributed by atoms with E-state index in [4.69, 9.17) is 10.5 Å². The molecular weight excluding hydrogens is 294 g/mol. The van der Waals surface area contributed by atoms with Gasteiger partial charge in [0.1, 0.15) is 0 Å². The van der Waals surface area contributed by atoms with E-state index in [0.717, 1.165) is 34.4 Å². The summed E-state index contributed by atoms with van der Waals surface area (Å²) in [5.41, 5.74) is 10.4. The lowest BCUT2D eigenvalue weighted by atomic mass is 10.1. The summed E-state index contributed by atoms with van der Waals surface area (Å²) in [5.74, 6) is 0.572. The van der Waals surface area contributed by atoms with E-state index in [1.807, 2.05) is 4.68 Å². The molecule has 0 unspecified atom stereocenters. The Morgan fingerprint density at radius 1 is 1.39 bits per heavy atom. The monoisotopic (exact) mass is 307 g/mol. The zero-order valence-corrected chi connectivity index (χ0v) is 11.7. The van der Waals surface area contributed by atoms with Crippen LogP contribution in [0.3, 0.4) is 0 Å². The van der Waals surface area contributed by atoms with Gasteiger partial charge in [0.05, 0.1) is 24.6 Å². The van der Waals surface area contributed by atoms with Gasteiger partial charge in [-0.25, -0.2) is 4.68 Å². The Kier molecular flexibility index (Phi) is 2.87. The molecule has 0 bridgehead atoms. The fraction of sp³-hybridized carbons (Fsp3) is 0.308. The number of aromatic nitrogens is 2. The first-order chi connectivity index (χ1) is 8.65. The molecule has 0 saturated carbocycles. The summed E-state index contributed by atoms with van der Waals surface area (Å²) >= 11 is 3.52. The molecule has 1 aliphatic heterocycles. The molecule has 4 nitrogen and oxygen atoms in total. The first kappa shape index (κ1) is 11.7. The van der Waals surface area contributed by atoms with Crippen molar-refractivity contribution in [2.75, 3.05) is 12.3 Å². The molecule has 5 heteroatoms. The third kappa shape index (κ3) is 1.93. The van der Waals surface area contributed by atoms with E-state index in [-0.39, 0.29) is 0 Å². The summed E-state index contributed by atoms with van der Waals surface area (Å²) in [4.78, 5) is 0. The largest absolute Gasteiger partial charge is 0.382 e. The summed E-state index contributed by atoms with van der Waals surface area (Å²) in [7, 11) is 0. The van der Waals surface area contributed by atoms with Gasteiger partial charge in [-0.1, -0.05) is 15.9 Å². The number of hydrogen-bond donors (Lipinski definition) is 1. The number of benzene rings is 1. The molecule has 0 fully saturated rings. The van der Waals surface area contributed by atoms with Crippen LogP contribution in [0.5, 0.6) is 0 Å². The van der Waals surface area contributed by atoms with Gasteiger partial charge >= 0.3 is 0 Å². The number of fused-ring (bicyclic) bond motifs is 1. The van der Waals surface area contributed by atoms with Crippen molar-refractivity contribution in [1.29, 1.82) is 0 Å². The topological polar surface area (TPSA) is 53.1 Å². The Morgan fingerprint density at radius 2 is 2.22 bits per heavy atom. The van der Waals surface area contributed by atoms with Gasteiger partial charge in [-0.3, -0.25) is 0 Å². The molecule has 1 aliphatic rings. The van der Waals surface area contributed by atoms with Gasteiger partial charge in [0.15, 0.2) is 5.82 Å². The van der Waals surface area contributed by atoms with Gasteiger partial charge in [-0.05, 0) is 30.7 Å². The van der Waals surface area contributed by atoms with Gasteiger partial charge in [0.2, 0.25) is 0 Å². The highest BCUT2D eigenvalue weighted by molar-refractivity contribution is 9.10. The molecule has 1 aromatic carbocycles. The van der Waals surface area contributed by atoms with E-state index < -0.39 is 0 Å². The molecule has 94 valence electrons. The average molecular weight is 308 g/mol. The Morgan fingerprint density at radius 3 is 3.00 bits per heavy atom. The molecule has 1 aromatic heterocycles. The third-order valence-electron chi connectivity index (χ3n) is 3.12. The molecule has 2 heterocycles. The zero-order valence-electron chi connectivity index (χ0n) is 10.1. The first-order valence-electron chi connectivity index (χ1n) is 5.86. The molecular formula is C13H14BrN3O. The summed E-state index contributed by atoms with van der Waals surface area (Å²) in [6.45, 7) is 3.36. The number of nitrogens with zero attached hydrogens (tertiary/aromatic N) is 2. The van der Waals surface area contributed by atoms with Crippen molar-refractivity contribution in [2.24, 2.45) is 0 Å². The number of halogens is 1. The molecule has 0 radical (unpaired) electrons. The quantitative estimate of drug-likeness (QED) is 0.881. The zero-order chi connectivity index (χ0) is 12.7. The summed E-state index contributed by atoms with van der Waals surface area (Å²) in [5, 5.41) is 4.44. The fourth-order valence-electron chi connectivity index (χ4n) is 2.31. The highest BCUT2D eigenvalue weighted by Gasteiger charge is 2.20. The molecule has 18 heavy (non-hydrogen) atoms. The van der Waals surface area contributed by atoms with Crippen LogP contribution < -0.4 is 5.73 Å². The number of nitrogens with two attached hydrogens (primary N) is 1. The lowest BCUT2D eigenvalue weighted by molar-refractivity contribution is 0.110. The van der Waals surface area contributed by atoms with Crippen LogP contribution in [0, 0.1) is 6.92 Å². The third-order valence-corrected chi connectivity index (χ3v) is 3.58. The van der Waals surface area contributed by atoms with Gasteiger partial charge in [0, 0.05) is 16.5 Å². The molecule has 2 aromatic rings. The minimum atomic E-state index is 0.564. The number of ether oxygens (including phenoxy) is 1. The SMILES string of the molecule is Cc1cc(Br)cc(-n2nc(N)c3c2CCOC3)c1. The molecule has 0 aliphatic carbocycles. The standard InChI is InChI=1S/C13H14BrN3O/c1-8-4-9(14)6-10(5-8)17-12-2-3-18-7-11(12)13(15)16-17/h4-6H,2-3,7H2,1H3,(H2,15,16).